The van der Waals surface area contributed by atoms with E-state index in [4.69, 9.17) is 5.73 Å². The van der Waals surface area contributed by atoms with Gasteiger partial charge in [-0.15, -0.1) is 0 Å². The van der Waals surface area contributed by atoms with Crippen LogP contribution >= 0.6 is 0 Å². The quantitative estimate of drug-likeness (QED) is 0.732. The molecule has 3 heteroatoms. The monoisotopic (exact) mass is 245 g/mol. The van der Waals surface area contributed by atoms with Gasteiger partial charge >= 0.3 is 0 Å². The van der Waals surface area contributed by atoms with E-state index in [1.165, 1.54) is 22.2 Å². The number of para-hydroxylation sites is 1. The van der Waals surface area contributed by atoms with Crippen LogP contribution in [0.3, 0.4) is 0 Å². The second-order valence-electron chi connectivity index (χ2n) is 5.09. The highest BCUT2D eigenvalue weighted by Crippen LogP contribution is 2.21. The van der Waals surface area contributed by atoms with Crippen LogP contribution in [0.2, 0.25) is 0 Å². The molecule has 18 heavy (non-hydrogen) atoms. The summed E-state index contributed by atoms with van der Waals surface area (Å²) < 4.78 is 0. The second kappa shape index (κ2) is 6.03. The van der Waals surface area contributed by atoms with Crippen LogP contribution in [0.15, 0.2) is 24.3 Å². The van der Waals surface area contributed by atoms with Crippen molar-refractivity contribution in [1.29, 1.82) is 0 Å². The molecule has 0 saturated carbocycles. The van der Waals surface area contributed by atoms with E-state index in [9.17, 15) is 0 Å². The van der Waals surface area contributed by atoms with Crippen LogP contribution in [0.4, 0.5) is 0 Å². The number of aromatic nitrogens is 1. The summed E-state index contributed by atoms with van der Waals surface area (Å²) in [6, 6.07) is 8.47. The highest BCUT2D eigenvalue weighted by atomic mass is 14.9. The molecule has 2 rings (SSSR count). The topological polar surface area (TPSA) is 53.8 Å². The number of nitrogens with two attached hydrogens (primary N) is 1. The Kier molecular flexibility index (Phi) is 4.39. The number of rotatable bonds is 6. The SMILES string of the molecule is Cc1[nH]c2ccccc2c1CNCC(C)CCN. The normalized spacial score (nSPS) is 13.1. The zero-order valence-corrected chi connectivity index (χ0v) is 11.3. The lowest BCUT2D eigenvalue weighted by molar-refractivity contribution is 0.487. The Bertz CT molecular complexity index is 501. The fourth-order valence-electron chi connectivity index (χ4n) is 2.39. The number of nitrogens with one attached hydrogen (secondary N) is 2. The van der Waals surface area contributed by atoms with Crippen LogP contribution in [-0.2, 0) is 6.54 Å². The van der Waals surface area contributed by atoms with Crippen molar-refractivity contribution in [3.05, 3.63) is 35.5 Å². The molecule has 0 saturated heterocycles. The van der Waals surface area contributed by atoms with E-state index in [0.29, 0.717) is 5.92 Å². The molecule has 0 radical (unpaired) electrons. The number of fused-ring (bicyclic) bond motifs is 1. The Hall–Kier alpha value is -1.32. The van der Waals surface area contributed by atoms with E-state index in [-0.39, 0.29) is 0 Å². The molecule has 1 aromatic heterocycles. The third-order valence-corrected chi connectivity index (χ3v) is 3.48. The summed E-state index contributed by atoms with van der Waals surface area (Å²) >= 11 is 0. The first kappa shape index (κ1) is 13.1. The summed E-state index contributed by atoms with van der Waals surface area (Å²) in [6.07, 6.45) is 1.08. The van der Waals surface area contributed by atoms with Crippen LogP contribution < -0.4 is 11.1 Å². The van der Waals surface area contributed by atoms with Gasteiger partial charge in [0.05, 0.1) is 0 Å². The summed E-state index contributed by atoms with van der Waals surface area (Å²) in [5.41, 5.74) is 9.42. The molecule has 0 bridgehead atoms. The predicted octanol–water partition coefficient (Wildman–Crippen LogP) is 2.55. The summed E-state index contributed by atoms with van der Waals surface area (Å²) in [5, 5.41) is 4.86. The number of hydrogen-bond donors (Lipinski definition) is 3. The summed E-state index contributed by atoms with van der Waals surface area (Å²) in [4.78, 5) is 3.43. The molecule has 1 aromatic carbocycles. The first-order chi connectivity index (χ1) is 8.72. The van der Waals surface area contributed by atoms with Crippen molar-refractivity contribution in [3.63, 3.8) is 0 Å². The maximum Gasteiger partial charge on any atom is 0.0459 e. The maximum atomic E-state index is 5.56. The lowest BCUT2D eigenvalue weighted by Crippen LogP contribution is -2.22. The lowest BCUT2D eigenvalue weighted by atomic mass is 10.1. The van der Waals surface area contributed by atoms with E-state index in [1.54, 1.807) is 0 Å². The minimum absolute atomic E-state index is 0.639. The minimum Gasteiger partial charge on any atom is -0.358 e. The van der Waals surface area contributed by atoms with Crippen molar-refractivity contribution in [1.82, 2.24) is 10.3 Å². The molecule has 0 aliphatic carbocycles. The molecular formula is C15H23N3. The fourth-order valence-corrected chi connectivity index (χ4v) is 2.39. The van der Waals surface area contributed by atoms with Crippen molar-refractivity contribution in [2.45, 2.75) is 26.8 Å². The van der Waals surface area contributed by atoms with Gasteiger partial charge in [-0.25, -0.2) is 0 Å². The first-order valence-corrected chi connectivity index (χ1v) is 6.69. The summed E-state index contributed by atoms with van der Waals surface area (Å²) in [6.45, 7) is 7.10. The molecule has 1 atom stereocenters. The second-order valence-corrected chi connectivity index (χ2v) is 5.09. The van der Waals surface area contributed by atoms with Crippen LogP contribution in [0.1, 0.15) is 24.6 Å². The van der Waals surface area contributed by atoms with Gasteiger partial charge in [0.25, 0.3) is 0 Å². The molecule has 0 aliphatic rings. The van der Waals surface area contributed by atoms with Crippen LogP contribution in [-0.4, -0.2) is 18.1 Å². The van der Waals surface area contributed by atoms with E-state index in [1.807, 2.05) is 0 Å². The largest absolute Gasteiger partial charge is 0.358 e. The van der Waals surface area contributed by atoms with E-state index >= 15 is 0 Å². The van der Waals surface area contributed by atoms with Crippen LogP contribution in [0.5, 0.6) is 0 Å². The highest BCUT2D eigenvalue weighted by molar-refractivity contribution is 5.84. The first-order valence-electron chi connectivity index (χ1n) is 6.69. The van der Waals surface area contributed by atoms with Gasteiger partial charge in [-0.3, -0.25) is 0 Å². The van der Waals surface area contributed by atoms with Gasteiger partial charge in [-0.1, -0.05) is 25.1 Å². The molecule has 1 unspecified atom stereocenters. The third-order valence-electron chi connectivity index (χ3n) is 3.48. The Morgan fingerprint density at radius 3 is 2.89 bits per heavy atom. The average Bonchev–Trinajstić information content (AvgIpc) is 2.66. The smallest absolute Gasteiger partial charge is 0.0459 e. The average molecular weight is 245 g/mol. The van der Waals surface area contributed by atoms with Gasteiger partial charge in [0.1, 0.15) is 0 Å². The maximum absolute atomic E-state index is 5.56. The molecule has 0 spiro atoms. The molecule has 0 amide bonds. The van der Waals surface area contributed by atoms with Gasteiger partial charge in [-0.2, -0.15) is 0 Å². The zero-order chi connectivity index (χ0) is 13.0. The summed E-state index contributed by atoms with van der Waals surface area (Å²) in [7, 11) is 0. The predicted molar refractivity (Wildman–Crippen MR) is 77.6 cm³/mol. The summed E-state index contributed by atoms with van der Waals surface area (Å²) in [5.74, 6) is 0.639. The number of aryl methyl sites for hydroxylation is 1. The van der Waals surface area contributed by atoms with Gasteiger partial charge < -0.3 is 16.0 Å². The van der Waals surface area contributed by atoms with Gasteiger partial charge in [0, 0.05) is 23.1 Å². The van der Waals surface area contributed by atoms with Crippen molar-refractivity contribution in [3.8, 4) is 0 Å². The third kappa shape index (κ3) is 2.92. The number of hydrogen-bond acceptors (Lipinski definition) is 2. The molecule has 3 nitrogen and oxygen atoms in total. The molecule has 4 N–H and O–H groups in total. The van der Waals surface area contributed by atoms with E-state index < -0.39 is 0 Å². The molecule has 0 fully saturated rings. The Labute approximate surface area is 109 Å². The van der Waals surface area contributed by atoms with Gasteiger partial charge in [0.2, 0.25) is 0 Å². The number of benzene rings is 1. The Morgan fingerprint density at radius 2 is 2.11 bits per heavy atom. The van der Waals surface area contributed by atoms with E-state index in [2.05, 4.69) is 48.4 Å². The Balaban J connectivity index is 2.01. The zero-order valence-electron chi connectivity index (χ0n) is 11.3. The number of H-pyrrole nitrogens is 1. The van der Waals surface area contributed by atoms with Crippen molar-refractivity contribution >= 4 is 10.9 Å². The van der Waals surface area contributed by atoms with Crippen molar-refractivity contribution < 1.29 is 0 Å². The molecule has 0 aliphatic heterocycles. The Morgan fingerprint density at radius 1 is 1.33 bits per heavy atom. The highest BCUT2D eigenvalue weighted by Gasteiger charge is 2.07. The molecule has 1 heterocycles. The molecule has 98 valence electrons. The minimum atomic E-state index is 0.639. The van der Waals surface area contributed by atoms with Crippen molar-refractivity contribution in [2.24, 2.45) is 11.7 Å². The van der Waals surface area contributed by atoms with Gasteiger partial charge in [-0.05, 0) is 44.0 Å². The van der Waals surface area contributed by atoms with Crippen LogP contribution in [0, 0.1) is 12.8 Å². The van der Waals surface area contributed by atoms with Gasteiger partial charge in [0.15, 0.2) is 0 Å². The van der Waals surface area contributed by atoms with E-state index in [0.717, 1.165) is 26.1 Å². The fraction of sp³-hybridized carbons (Fsp3) is 0.467. The molecular weight excluding hydrogens is 222 g/mol. The standard InChI is InChI=1S/C15H23N3/c1-11(7-8-16)9-17-10-14-12(2)18-15-6-4-3-5-13(14)15/h3-6,11,17-18H,7-10,16H2,1-2H3. The van der Waals surface area contributed by atoms with Crippen LogP contribution in [0.25, 0.3) is 10.9 Å². The number of aromatic amines is 1. The van der Waals surface area contributed by atoms with Crippen molar-refractivity contribution in [2.75, 3.05) is 13.1 Å². The lowest BCUT2D eigenvalue weighted by Gasteiger charge is -2.11. The molecule has 2 aromatic rings.